The molecule has 2 rings (SSSR count). The van der Waals surface area contributed by atoms with E-state index in [2.05, 4.69) is 5.32 Å². The van der Waals surface area contributed by atoms with Crippen LogP contribution in [0.25, 0.3) is 0 Å². The van der Waals surface area contributed by atoms with Crippen molar-refractivity contribution in [1.82, 2.24) is 0 Å². The number of carbonyl (C=O) groups excluding carboxylic acids is 1. The van der Waals surface area contributed by atoms with Crippen molar-refractivity contribution in [1.29, 1.82) is 0 Å². The van der Waals surface area contributed by atoms with Crippen molar-refractivity contribution in [3.8, 4) is 5.75 Å². The third-order valence-electron chi connectivity index (χ3n) is 2.46. The predicted molar refractivity (Wildman–Crippen MR) is 71.5 cm³/mol. The maximum atomic E-state index is 10.8. The summed E-state index contributed by atoms with van der Waals surface area (Å²) < 4.78 is 4.97. The molecule has 0 saturated carbocycles. The number of ether oxygens (including phenoxy) is 1. The van der Waals surface area contributed by atoms with Crippen LogP contribution in [0, 0.1) is 0 Å². The van der Waals surface area contributed by atoms with Gasteiger partial charge in [0.1, 0.15) is 5.75 Å². The Bertz CT molecular complexity index is 506. The molecule has 18 heavy (non-hydrogen) atoms. The van der Waals surface area contributed by atoms with Crippen LogP contribution >= 0.6 is 0 Å². The summed E-state index contributed by atoms with van der Waals surface area (Å²) >= 11 is 0. The van der Waals surface area contributed by atoms with Crippen LogP contribution in [0.4, 0.5) is 5.69 Å². The second-order valence-electron chi connectivity index (χ2n) is 3.96. The first-order valence-corrected chi connectivity index (χ1v) is 5.80. The Hall–Kier alpha value is -2.29. The largest absolute Gasteiger partial charge is 0.427 e. The van der Waals surface area contributed by atoms with Crippen LogP contribution in [-0.4, -0.2) is 5.97 Å². The van der Waals surface area contributed by atoms with Crippen molar-refractivity contribution >= 4 is 11.7 Å². The van der Waals surface area contributed by atoms with E-state index in [0.717, 1.165) is 17.8 Å². The van der Waals surface area contributed by atoms with Crippen LogP contribution in [0.1, 0.15) is 12.5 Å². The van der Waals surface area contributed by atoms with E-state index in [1.165, 1.54) is 6.92 Å². The van der Waals surface area contributed by atoms with Gasteiger partial charge in [-0.3, -0.25) is 4.79 Å². The second-order valence-corrected chi connectivity index (χ2v) is 3.96. The van der Waals surface area contributed by atoms with Gasteiger partial charge < -0.3 is 10.1 Å². The number of hydrogen-bond donors (Lipinski definition) is 1. The lowest BCUT2D eigenvalue weighted by molar-refractivity contribution is -0.131. The first kappa shape index (κ1) is 12.2. The lowest BCUT2D eigenvalue weighted by atomic mass is 10.2. The monoisotopic (exact) mass is 241 g/mol. The molecule has 0 aliphatic heterocycles. The molecule has 2 aromatic carbocycles. The van der Waals surface area contributed by atoms with Crippen LogP contribution in [0.2, 0.25) is 0 Å². The van der Waals surface area contributed by atoms with Gasteiger partial charge in [-0.25, -0.2) is 0 Å². The topological polar surface area (TPSA) is 38.3 Å². The number of carbonyl (C=O) groups is 1. The number of rotatable bonds is 4. The molecule has 0 radical (unpaired) electrons. The Balaban J connectivity index is 1.92. The average Bonchev–Trinajstić information content (AvgIpc) is 2.38. The van der Waals surface area contributed by atoms with E-state index in [1.807, 2.05) is 42.5 Å². The van der Waals surface area contributed by atoms with Gasteiger partial charge in [0.15, 0.2) is 0 Å². The Labute approximate surface area is 106 Å². The minimum atomic E-state index is -0.301. The van der Waals surface area contributed by atoms with Gasteiger partial charge in [0.25, 0.3) is 0 Å². The Morgan fingerprint density at radius 2 is 1.72 bits per heavy atom. The number of nitrogens with one attached hydrogen (secondary N) is 1. The molecule has 3 heteroatoms. The summed E-state index contributed by atoms with van der Waals surface area (Å²) in [4.78, 5) is 10.8. The number of esters is 1. The summed E-state index contributed by atoms with van der Waals surface area (Å²) in [6.07, 6.45) is 0. The highest BCUT2D eigenvalue weighted by Gasteiger charge is 1.98. The lowest BCUT2D eigenvalue weighted by Crippen LogP contribution is -2.02. The minimum Gasteiger partial charge on any atom is -0.427 e. The normalized spacial score (nSPS) is 9.83. The molecule has 1 N–H and O–H groups in total. The number of anilines is 1. The van der Waals surface area contributed by atoms with Gasteiger partial charge in [0.2, 0.25) is 0 Å². The van der Waals surface area contributed by atoms with Crippen LogP contribution in [0.15, 0.2) is 54.6 Å². The van der Waals surface area contributed by atoms with Gasteiger partial charge in [0, 0.05) is 19.2 Å². The Morgan fingerprint density at radius 1 is 1.06 bits per heavy atom. The smallest absolute Gasteiger partial charge is 0.308 e. The quantitative estimate of drug-likeness (QED) is 0.659. The summed E-state index contributed by atoms with van der Waals surface area (Å²) in [5.41, 5.74) is 2.22. The van der Waals surface area contributed by atoms with Crippen molar-refractivity contribution in [3.05, 3.63) is 60.2 Å². The van der Waals surface area contributed by atoms with Gasteiger partial charge >= 0.3 is 5.97 Å². The second kappa shape index (κ2) is 5.87. The van der Waals surface area contributed by atoms with E-state index in [-0.39, 0.29) is 5.97 Å². The zero-order valence-corrected chi connectivity index (χ0v) is 10.2. The SMILES string of the molecule is CC(=O)Oc1ccc(CNc2ccccc2)cc1. The van der Waals surface area contributed by atoms with E-state index in [0.29, 0.717) is 5.75 Å². The van der Waals surface area contributed by atoms with E-state index >= 15 is 0 Å². The van der Waals surface area contributed by atoms with E-state index in [9.17, 15) is 4.79 Å². The number of hydrogen-bond acceptors (Lipinski definition) is 3. The summed E-state index contributed by atoms with van der Waals surface area (Å²) in [5, 5.41) is 3.31. The highest BCUT2D eigenvalue weighted by Crippen LogP contribution is 2.14. The molecular formula is C15H15NO2. The summed E-state index contributed by atoms with van der Waals surface area (Å²) in [6, 6.07) is 17.5. The lowest BCUT2D eigenvalue weighted by Gasteiger charge is -2.07. The maximum Gasteiger partial charge on any atom is 0.308 e. The van der Waals surface area contributed by atoms with Crippen molar-refractivity contribution in [2.24, 2.45) is 0 Å². The van der Waals surface area contributed by atoms with Crippen LogP contribution in [0.3, 0.4) is 0 Å². The van der Waals surface area contributed by atoms with Crippen LogP contribution < -0.4 is 10.1 Å². The fourth-order valence-electron chi connectivity index (χ4n) is 1.60. The van der Waals surface area contributed by atoms with Crippen molar-refractivity contribution in [3.63, 3.8) is 0 Å². The molecule has 0 fully saturated rings. The zero-order chi connectivity index (χ0) is 12.8. The number of para-hydroxylation sites is 1. The molecule has 0 spiro atoms. The van der Waals surface area contributed by atoms with Gasteiger partial charge in [-0.1, -0.05) is 30.3 Å². The molecule has 0 unspecified atom stereocenters. The predicted octanol–water partition coefficient (Wildman–Crippen LogP) is 3.22. The molecule has 92 valence electrons. The van der Waals surface area contributed by atoms with Gasteiger partial charge in [-0.05, 0) is 29.8 Å². The average molecular weight is 241 g/mol. The molecular weight excluding hydrogens is 226 g/mol. The number of benzene rings is 2. The van der Waals surface area contributed by atoms with Crippen molar-refractivity contribution in [2.45, 2.75) is 13.5 Å². The highest BCUT2D eigenvalue weighted by atomic mass is 16.5. The summed E-state index contributed by atoms with van der Waals surface area (Å²) in [5.74, 6) is 0.274. The molecule has 0 amide bonds. The molecule has 0 aliphatic carbocycles. The first-order valence-electron chi connectivity index (χ1n) is 5.80. The van der Waals surface area contributed by atoms with Gasteiger partial charge in [-0.15, -0.1) is 0 Å². The Kier molecular flexibility index (Phi) is 3.97. The Morgan fingerprint density at radius 3 is 2.33 bits per heavy atom. The van der Waals surface area contributed by atoms with Crippen molar-refractivity contribution in [2.75, 3.05) is 5.32 Å². The molecule has 0 bridgehead atoms. The highest BCUT2D eigenvalue weighted by molar-refractivity contribution is 5.69. The molecule has 2 aromatic rings. The van der Waals surface area contributed by atoms with Crippen LogP contribution in [0.5, 0.6) is 5.75 Å². The van der Waals surface area contributed by atoms with Gasteiger partial charge in [0.05, 0.1) is 0 Å². The molecule has 0 heterocycles. The third kappa shape index (κ3) is 3.63. The first-order chi connectivity index (χ1) is 8.74. The fourth-order valence-corrected chi connectivity index (χ4v) is 1.60. The third-order valence-corrected chi connectivity index (χ3v) is 2.46. The molecule has 0 saturated heterocycles. The molecule has 0 aliphatic rings. The standard InChI is InChI=1S/C15H15NO2/c1-12(17)18-15-9-7-13(8-10-15)11-16-14-5-3-2-4-6-14/h2-10,16H,11H2,1H3. The minimum absolute atomic E-state index is 0.301. The summed E-state index contributed by atoms with van der Waals surface area (Å²) in [6.45, 7) is 2.13. The van der Waals surface area contributed by atoms with E-state index < -0.39 is 0 Å². The zero-order valence-electron chi connectivity index (χ0n) is 10.2. The van der Waals surface area contributed by atoms with Crippen molar-refractivity contribution < 1.29 is 9.53 Å². The maximum absolute atomic E-state index is 10.8. The summed E-state index contributed by atoms with van der Waals surface area (Å²) in [7, 11) is 0. The molecule has 3 nitrogen and oxygen atoms in total. The van der Waals surface area contributed by atoms with Crippen LogP contribution in [-0.2, 0) is 11.3 Å². The van der Waals surface area contributed by atoms with Gasteiger partial charge in [-0.2, -0.15) is 0 Å². The fraction of sp³-hybridized carbons (Fsp3) is 0.133. The van der Waals surface area contributed by atoms with E-state index in [4.69, 9.17) is 4.74 Å². The molecule has 0 atom stereocenters. The molecule has 0 aromatic heterocycles. The van der Waals surface area contributed by atoms with E-state index in [1.54, 1.807) is 12.1 Å².